The Kier molecular flexibility index (Phi) is 3.81. The number of hydrogen-bond donors (Lipinski definition) is 0. The Morgan fingerprint density at radius 3 is 2.36 bits per heavy atom. The first-order chi connectivity index (χ1) is 6.09. The first-order valence-electron chi connectivity index (χ1n) is 4.86. The van der Waals surface area contributed by atoms with Gasteiger partial charge in [0.15, 0.2) is 0 Å². The van der Waals surface area contributed by atoms with Crippen molar-refractivity contribution in [1.82, 2.24) is 0 Å². The predicted molar refractivity (Wildman–Crippen MR) is 68.7 cm³/mol. The Bertz CT molecular complexity index is 350. The second-order valence-electron chi connectivity index (χ2n) is 4.83. The molecule has 0 N–H and O–H groups in total. The van der Waals surface area contributed by atoms with Crippen LogP contribution in [0.5, 0.6) is 0 Å². The number of rotatable bonds is 1. The van der Waals surface area contributed by atoms with Crippen LogP contribution in [0.15, 0.2) is 30.3 Å². The number of hydrogen-bond acceptors (Lipinski definition) is 0. The fourth-order valence-corrected chi connectivity index (χ4v) is 3.87. The molecule has 70 valence electrons. The molecule has 0 amide bonds. The van der Waals surface area contributed by atoms with E-state index in [0.29, 0.717) is 0 Å². The topological polar surface area (TPSA) is 0 Å². The van der Waals surface area contributed by atoms with Gasteiger partial charge in [-0.25, -0.2) is 0 Å². The average molecular weight is 212 g/mol. The van der Waals surface area contributed by atoms with Gasteiger partial charge >= 0.3 is 29.6 Å². The summed E-state index contributed by atoms with van der Waals surface area (Å²) in [6.07, 6.45) is 4.66. The summed E-state index contributed by atoms with van der Waals surface area (Å²) in [4.78, 5) is 0. The maximum absolute atomic E-state index is 2.43. The molecular formula is C12H17NaSi. The SMILES string of the molecule is C[Si](C)(C)C1C=Cc2ccccc21.[NaH]. The molecule has 1 aromatic rings. The molecule has 1 atom stereocenters. The van der Waals surface area contributed by atoms with Crippen LogP contribution in [-0.2, 0) is 0 Å². The van der Waals surface area contributed by atoms with E-state index in [0.717, 1.165) is 5.54 Å². The van der Waals surface area contributed by atoms with Crippen LogP contribution in [0.4, 0.5) is 0 Å². The van der Waals surface area contributed by atoms with Gasteiger partial charge in [0.25, 0.3) is 0 Å². The van der Waals surface area contributed by atoms with E-state index in [2.05, 4.69) is 56.1 Å². The third-order valence-corrected chi connectivity index (χ3v) is 5.10. The van der Waals surface area contributed by atoms with E-state index < -0.39 is 8.07 Å². The van der Waals surface area contributed by atoms with E-state index >= 15 is 0 Å². The summed E-state index contributed by atoms with van der Waals surface area (Å²) in [7, 11) is -1.06. The van der Waals surface area contributed by atoms with Gasteiger partial charge in [-0.15, -0.1) is 0 Å². The number of allylic oxidation sites excluding steroid dienone is 1. The summed E-state index contributed by atoms with van der Waals surface area (Å²) in [5, 5.41) is 0. The van der Waals surface area contributed by atoms with Gasteiger partial charge < -0.3 is 0 Å². The molecule has 1 unspecified atom stereocenters. The summed E-state index contributed by atoms with van der Waals surface area (Å²) in [6, 6.07) is 8.76. The summed E-state index contributed by atoms with van der Waals surface area (Å²) in [5.74, 6) is 0. The minimum atomic E-state index is -1.06. The van der Waals surface area contributed by atoms with E-state index in [9.17, 15) is 0 Å². The van der Waals surface area contributed by atoms with Crippen molar-refractivity contribution in [3.63, 3.8) is 0 Å². The molecule has 0 saturated carbocycles. The second-order valence-corrected chi connectivity index (χ2v) is 10.2. The zero-order valence-corrected chi connectivity index (χ0v) is 9.54. The molecule has 2 rings (SSSR count). The Balaban J connectivity index is 0.000000980. The van der Waals surface area contributed by atoms with Crippen LogP contribution in [0.1, 0.15) is 16.7 Å². The second kappa shape index (κ2) is 4.36. The van der Waals surface area contributed by atoms with Crippen LogP contribution in [0.2, 0.25) is 19.6 Å². The van der Waals surface area contributed by atoms with E-state index in [-0.39, 0.29) is 29.6 Å². The zero-order chi connectivity index (χ0) is 9.47. The Morgan fingerprint density at radius 1 is 1.07 bits per heavy atom. The predicted octanol–water partition coefficient (Wildman–Crippen LogP) is 3.03. The fourth-order valence-electron chi connectivity index (χ4n) is 2.00. The van der Waals surface area contributed by atoms with E-state index in [1.165, 1.54) is 5.56 Å². The molecule has 1 aliphatic rings. The summed E-state index contributed by atoms with van der Waals surface area (Å²) >= 11 is 0. The normalized spacial score (nSPS) is 18.9. The van der Waals surface area contributed by atoms with Crippen LogP contribution in [-0.4, -0.2) is 37.6 Å². The van der Waals surface area contributed by atoms with Gasteiger partial charge in [0.1, 0.15) is 0 Å². The van der Waals surface area contributed by atoms with Gasteiger partial charge in [0, 0.05) is 0 Å². The molecule has 2 heteroatoms. The van der Waals surface area contributed by atoms with Gasteiger partial charge in [-0.05, 0) is 16.7 Å². The maximum atomic E-state index is 2.43. The molecule has 14 heavy (non-hydrogen) atoms. The monoisotopic (exact) mass is 212 g/mol. The summed E-state index contributed by atoms with van der Waals surface area (Å²) < 4.78 is 0. The third-order valence-electron chi connectivity index (χ3n) is 2.73. The third kappa shape index (κ3) is 2.22. The molecule has 0 radical (unpaired) electrons. The molecule has 1 aromatic carbocycles. The van der Waals surface area contributed by atoms with Crippen molar-refractivity contribution in [2.45, 2.75) is 25.2 Å². The molecule has 0 bridgehead atoms. The van der Waals surface area contributed by atoms with Crippen LogP contribution in [0.25, 0.3) is 6.08 Å². The van der Waals surface area contributed by atoms with Crippen molar-refractivity contribution in [2.24, 2.45) is 0 Å². The van der Waals surface area contributed by atoms with Crippen LogP contribution in [0, 0.1) is 0 Å². The van der Waals surface area contributed by atoms with E-state index in [1.807, 2.05) is 0 Å². The first-order valence-corrected chi connectivity index (χ1v) is 8.44. The quantitative estimate of drug-likeness (QED) is 0.628. The van der Waals surface area contributed by atoms with Crippen LogP contribution in [0.3, 0.4) is 0 Å². The Labute approximate surface area is 110 Å². The van der Waals surface area contributed by atoms with Gasteiger partial charge in [-0.2, -0.15) is 0 Å². The summed E-state index contributed by atoms with van der Waals surface area (Å²) in [5.41, 5.74) is 3.69. The van der Waals surface area contributed by atoms with E-state index in [4.69, 9.17) is 0 Å². The Morgan fingerprint density at radius 2 is 1.71 bits per heavy atom. The van der Waals surface area contributed by atoms with Crippen molar-refractivity contribution >= 4 is 43.7 Å². The van der Waals surface area contributed by atoms with E-state index in [1.54, 1.807) is 5.56 Å². The molecule has 0 aromatic heterocycles. The average Bonchev–Trinajstić information content (AvgIpc) is 2.45. The van der Waals surface area contributed by atoms with Crippen molar-refractivity contribution in [1.29, 1.82) is 0 Å². The molecule has 0 saturated heterocycles. The minimum absolute atomic E-state index is 0. The van der Waals surface area contributed by atoms with Gasteiger partial charge in [0.2, 0.25) is 0 Å². The van der Waals surface area contributed by atoms with Crippen LogP contribution < -0.4 is 0 Å². The van der Waals surface area contributed by atoms with Gasteiger partial charge in [-0.1, -0.05) is 56.1 Å². The van der Waals surface area contributed by atoms with Gasteiger partial charge in [-0.3, -0.25) is 0 Å². The standard InChI is InChI=1S/C12H16Si.Na.H/c1-13(2,3)12-9-8-10-6-4-5-7-11(10)12;;/h4-9,12H,1-3H3;;. The van der Waals surface area contributed by atoms with Crippen LogP contribution >= 0.6 is 0 Å². The van der Waals surface area contributed by atoms with Gasteiger partial charge in [0.05, 0.1) is 8.07 Å². The van der Waals surface area contributed by atoms with Crippen molar-refractivity contribution in [3.8, 4) is 0 Å². The Hall–Kier alpha value is 0.177. The van der Waals surface area contributed by atoms with Crippen molar-refractivity contribution in [3.05, 3.63) is 41.5 Å². The number of fused-ring (bicyclic) bond motifs is 1. The molecule has 1 aliphatic carbocycles. The first kappa shape index (κ1) is 12.2. The molecule has 0 heterocycles. The fraction of sp³-hybridized carbons (Fsp3) is 0.333. The number of benzene rings is 1. The van der Waals surface area contributed by atoms with Crippen molar-refractivity contribution < 1.29 is 0 Å². The molecular weight excluding hydrogens is 195 g/mol. The molecule has 0 spiro atoms. The zero-order valence-electron chi connectivity index (χ0n) is 8.54. The van der Waals surface area contributed by atoms with Crippen molar-refractivity contribution in [2.75, 3.05) is 0 Å². The summed E-state index contributed by atoms with van der Waals surface area (Å²) in [6.45, 7) is 7.30. The molecule has 0 aliphatic heterocycles. The molecule has 0 nitrogen and oxygen atoms in total. The molecule has 0 fully saturated rings.